The average Bonchev–Trinajstić information content (AvgIpc) is 0.811. The van der Waals surface area contributed by atoms with Gasteiger partial charge in [0.15, 0.2) is 0 Å². The van der Waals surface area contributed by atoms with Gasteiger partial charge in [0.2, 0.25) is 0 Å². The third kappa shape index (κ3) is 39.4. The zero-order valence-electron chi connectivity index (χ0n) is 2.14. The Morgan fingerprint density at radius 3 is 1.33 bits per heavy atom. The number of hydrogen-bond acceptors (Lipinski definition) is 3. The number of halogens is 1. The molecule has 0 aromatic rings. The van der Waals surface area contributed by atoms with Crippen molar-refractivity contribution in [2.45, 2.75) is 0 Å². The van der Waals surface area contributed by atoms with Crippen molar-refractivity contribution in [1.29, 1.82) is 0 Å². The van der Waals surface area contributed by atoms with E-state index in [1.807, 2.05) is 0 Å². The molecule has 0 aromatic carbocycles. The molecule has 0 saturated carbocycles. The fourth-order valence-electron chi connectivity index (χ4n) is 0. The molecule has 4 nitrogen and oxygen atoms in total. The van der Waals surface area contributed by atoms with Crippen LogP contribution in [0.15, 0.2) is 0 Å². The van der Waals surface area contributed by atoms with E-state index in [0.29, 0.717) is 0 Å². The van der Waals surface area contributed by atoms with Gasteiger partial charge in [0.25, 0.3) is 0 Å². The van der Waals surface area contributed by atoms with Crippen LogP contribution in [-0.4, -0.2) is 58.6 Å². The van der Waals surface area contributed by atoms with Gasteiger partial charge in [-0.3, -0.25) is 0 Å². The summed E-state index contributed by atoms with van der Waals surface area (Å²) >= 11 is -3.40. The van der Waals surface area contributed by atoms with E-state index in [-0.39, 0.29) is 54.4 Å². The summed E-state index contributed by atoms with van der Waals surface area (Å²) in [4.78, 5) is 0. The molecule has 0 unspecified atom stereocenters. The van der Waals surface area contributed by atoms with Crippen molar-refractivity contribution in [1.82, 2.24) is 0 Å². The van der Waals surface area contributed by atoms with Gasteiger partial charge in [-0.15, -0.1) is 0 Å². The SMILES string of the molecule is O.[BaH2].[O-][Br+2]([O-])O. The second-order valence-corrected chi connectivity index (χ2v) is 1.04. The number of hydrogen-bond donors (Lipinski definition) is 1. The molecule has 0 atom stereocenters. The van der Waals surface area contributed by atoms with Crippen LogP contribution in [0.25, 0.3) is 0 Å². The molecule has 0 aliphatic carbocycles. The van der Waals surface area contributed by atoms with Gasteiger partial charge >= 0.3 is 63.7 Å². The fraction of sp³-hybridized carbons (Fsp3) is 0. The van der Waals surface area contributed by atoms with Crippen LogP contribution >= 0.6 is 0 Å². The summed E-state index contributed by atoms with van der Waals surface area (Å²) in [5.41, 5.74) is 0. The van der Waals surface area contributed by atoms with E-state index in [2.05, 4.69) is 0 Å². The van der Waals surface area contributed by atoms with Crippen LogP contribution in [0.4, 0.5) is 0 Å². The van der Waals surface area contributed by atoms with E-state index in [1.165, 1.54) is 0 Å². The van der Waals surface area contributed by atoms with Crippen LogP contribution in [0.5, 0.6) is 0 Å². The maximum atomic E-state index is 8.63. The van der Waals surface area contributed by atoms with E-state index in [9.17, 15) is 0 Å². The van der Waals surface area contributed by atoms with Crippen LogP contribution in [0.3, 0.4) is 0 Å². The molecule has 0 aliphatic rings. The van der Waals surface area contributed by atoms with Crippen LogP contribution in [0.1, 0.15) is 0 Å². The van der Waals surface area contributed by atoms with Crippen LogP contribution in [0.2, 0.25) is 0 Å². The molecule has 0 radical (unpaired) electrons. The van der Waals surface area contributed by atoms with E-state index in [4.69, 9.17) is 12.6 Å². The molecular weight excluding hydrogens is 281 g/mol. The Kier molecular flexibility index (Phi) is 26.1. The van der Waals surface area contributed by atoms with Gasteiger partial charge < -0.3 is 13.9 Å². The molecule has 0 amide bonds. The summed E-state index contributed by atoms with van der Waals surface area (Å²) in [5.74, 6) is 0. The van der Waals surface area contributed by atoms with Crippen molar-refractivity contribution in [3.63, 3.8) is 0 Å². The maximum Gasteiger partial charge on any atom is 0.433 e. The second kappa shape index (κ2) is 10.00. The molecule has 0 spiro atoms. The zero-order valence-corrected chi connectivity index (χ0v) is 3.73. The van der Waals surface area contributed by atoms with Crippen molar-refractivity contribution in [3.8, 4) is 0 Å². The van der Waals surface area contributed by atoms with Crippen LogP contribution in [0, 0.1) is 14.8 Å². The Bertz CT molecular complexity index is 12.3. The Morgan fingerprint density at radius 1 is 1.33 bits per heavy atom. The van der Waals surface area contributed by atoms with Crippen LogP contribution < -0.4 is 8.40 Å². The molecule has 0 rings (SSSR count). The van der Waals surface area contributed by atoms with Crippen molar-refractivity contribution >= 4 is 48.9 Å². The summed E-state index contributed by atoms with van der Waals surface area (Å²) < 4.78 is 24.3. The van der Waals surface area contributed by atoms with E-state index < -0.39 is 14.8 Å². The predicted octanol–water partition coefficient (Wildman–Crippen LogP) is -4.68. The third-order valence-electron chi connectivity index (χ3n) is 0. The Hall–Kier alpha value is 1.89. The summed E-state index contributed by atoms with van der Waals surface area (Å²) in [6.07, 6.45) is 0. The Morgan fingerprint density at radius 2 is 1.33 bits per heavy atom. The second-order valence-electron chi connectivity index (χ2n) is 0.201. The zero-order chi connectivity index (χ0) is 3.58. The largest absolute Gasteiger partial charge is 0.433 e. The Balaban J connectivity index is -0.0000000450. The van der Waals surface area contributed by atoms with Gasteiger partial charge in [0, 0.05) is 0 Å². The molecule has 0 aliphatic heterocycles. The molecule has 38 valence electrons. The average molecular weight is 286 g/mol. The van der Waals surface area contributed by atoms with Gasteiger partial charge in [-0.2, -0.15) is 0 Å². The molecule has 3 N–H and O–H groups in total. The smallest absolute Gasteiger partial charge is 0.372 e. The molecule has 0 fully saturated rings. The first-order valence-electron chi connectivity index (χ1n) is 0.478. The van der Waals surface area contributed by atoms with E-state index >= 15 is 0 Å². The van der Waals surface area contributed by atoms with Gasteiger partial charge in [0.1, 0.15) is 0 Å². The minimum Gasteiger partial charge on any atom is -0.372 e. The monoisotopic (exact) mass is 286 g/mol. The van der Waals surface area contributed by atoms with Crippen molar-refractivity contribution in [3.05, 3.63) is 0 Å². The summed E-state index contributed by atoms with van der Waals surface area (Å²) in [7, 11) is 0. The minimum absolute atomic E-state index is 0. The van der Waals surface area contributed by atoms with E-state index in [0.717, 1.165) is 0 Å². The summed E-state index contributed by atoms with van der Waals surface area (Å²) in [5, 5.41) is 0. The van der Waals surface area contributed by atoms with Crippen molar-refractivity contribution in [2.24, 2.45) is 0 Å². The van der Waals surface area contributed by atoms with Crippen molar-refractivity contribution in [2.75, 3.05) is 0 Å². The normalized spacial score (nSPS) is 6.00. The van der Waals surface area contributed by atoms with Crippen LogP contribution in [-0.2, 0) is 0 Å². The molecule has 0 heterocycles. The molecule has 0 saturated heterocycles. The molecular formula is H5BaBrO4. The molecule has 6 heavy (non-hydrogen) atoms. The molecule has 6 heteroatoms. The topological polar surface area (TPSA) is 97.9 Å². The van der Waals surface area contributed by atoms with Gasteiger partial charge in [-0.05, 0) is 4.20 Å². The van der Waals surface area contributed by atoms with Gasteiger partial charge in [-0.25, -0.2) is 0 Å². The van der Waals surface area contributed by atoms with Crippen molar-refractivity contribution < 1.29 is 32.9 Å². The maximum absolute atomic E-state index is 8.63. The first-order valence-corrected chi connectivity index (χ1v) is 2.48. The Labute approximate surface area is 80.4 Å². The molecule has 0 bridgehead atoms. The standard InChI is InChI=1S/Ba.BrHO3.H2O.2H/c;2-1(3)4;;;/h;2H;1H2;;. The van der Waals surface area contributed by atoms with E-state index in [1.54, 1.807) is 0 Å². The third-order valence-corrected chi connectivity index (χ3v) is 0. The first kappa shape index (κ1) is 15.7. The minimum atomic E-state index is -3.40. The molecule has 0 aromatic heterocycles. The fourth-order valence-corrected chi connectivity index (χ4v) is 0. The quantitative estimate of drug-likeness (QED) is 0.453. The summed E-state index contributed by atoms with van der Waals surface area (Å²) in [6.45, 7) is 0. The van der Waals surface area contributed by atoms with Gasteiger partial charge in [0.05, 0.1) is 0 Å². The van der Waals surface area contributed by atoms with Gasteiger partial charge in [-0.1, -0.05) is 0 Å². The predicted molar refractivity (Wildman–Crippen MR) is 14.4 cm³/mol. The summed E-state index contributed by atoms with van der Waals surface area (Å²) in [6, 6.07) is 0. The number of rotatable bonds is 0. The first-order chi connectivity index (χ1) is 1.73.